The Balaban J connectivity index is 0.000000157. The molecule has 4 aromatic heterocycles. The van der Waals surface area contributed by atoms with Gasteiger partial charge in [-0.25, -0.2) is 18.7 Å². The predicted molar refractivity (Wildman–Crippen MR) is 263 cm³/mol. The topological polar surface area (TPSA) is 207 Å². The van der Waals surface area contributed by atoms with E-state index in [1.165, 1.54) is 6.07 Å². The molecule has 12 rings (SSSR count). The van der Waals surface area contributed by atoms with Gasteiger partial charge in [-0.15, -0.1) is 0 Å². The Labute approximate surface area is 428 Å². The predicted octanol–water partition coefficient (Wildman–Crippen LogP) is 6.93. The number of aromatic nitrogens is 6. The van der Waals surface area contributed by atoms with Gasteiger partial charge in [0.25, 0.3) is 12.0 Å². The van der Waals surface area contributed by atoms with Gasteiger partial charge in [0.15, 0.2) is 23.5 Å². The molecule has 388 valence electrons. The van der Waals surface area contributed by atoms with Crippen molar-refractivity contribution in [2.45, 2.75) is 106 Å². The summed E-state index contributed by atoms with van der Waals surface area (Å²) in [4.78, 5) is 24.5. The summed E-state index contributed by atoms with van der Waals surface area (Å²) in [6, 6.07) is 11.1. The number of ether oxygens (including phenoxy) is 9. The van der Waals surface area contributed by atoms with Crippen LogP contribution in [0.5, 0.6) is 17.8 Å². The lowest BCUT2D eigenvalue weighted by Gasteiger charge is -2.15. The second-order valence-electron chi connectivity index (χ2n) is 19.1. The number of methoxy groups -OCH3 is 1. The fourth-order valence-corrected chi connectivity index (χ4v) is 11.4. The van der Waals surface area contributed by atoms with Gasteiger partial charge in [-0.3, -0.25) is 0 Å². The number of nitrogens with zero attached hydrogens (tertiary/aromatic N) is 4. The number of benzene rings is 2. The molecule has 6 aliphatic rings. The van der Waals surface area contributed by atoms with Crippen LogP contribution in [0.15, 0.2) is 42.5 Å². The average molecular weight is 1050 g/mol. The van der Waals surface area contributed by atoms with Crippen LogP contribution >= 0.6 is 23.2 Å². The van der Waals surface area contributed by atoms with E-state index in [0.29, 0.717) is 108 Å². The molecule has 73 heavy (non-hydrogen) atoms. The zero-order chi connectivity index (χ0) is 50.3. The van der Waals surface area contributed by atoms with Gasteiger partial charge in [0.1, 0.15) is 60.6 Å². The van der Waals surface area contributed by atoms with E-state index in [1.807, 2.05) is 31.2 Å². The van der Waals surface area contributed by atoms with Gasteiger partial charge in [-0.05, 0) is 109 Å². The monoisotopic (exact) mass is 1050 g/mol. The van der Waals surface area contributed by atoms with Crippen LogP contribution in [-0.4, -0.2) is 149 Å². The summed E-state index contributed by atoms with van der Waals surface area (Å²) in [5.74, 6) is 0.0110. The van der Waals surface area contributed by atoms with Crippen LogP contribution in [0.3, 0.4) is 0 Å². The first-order valence-electron chi connectivity index (χ1n) is 24.8. The van der Waals surface area contributed by atoms with E-state index >= 15 is 8.78 Å². The summed E-state index contributed by atoms with van der Waals surface area (Å²) in [7, 11) is 1.63. The molecule has 10 atom stereocenters. The Kier molecular flexibility index (Phi) is 14.9. The minimum absolute atomic E-state index is 0.00682. The number of aliphatic hydroxyl groups excluding tert-OH is 2. The first-order chi connectivity index (χ1) is 35.5. The van der Waals surface area contributed by atoms with Crippen LogP contribution in [-0.2, 0) is 54.1 Å². The second kappa shape index (κ2) is 21.7. The molecular weight excluding hydrogens is 994 g/mol. The number of aromatic amines is 2. The number of hydrogen-bond donors (Lipinski definition) is 4. The van der Waals surface area contributed by atoms with Crippen LogP contribution in [0.4, 0.5) is 8.78 Å². The number of aliphatic hydroxyl groups is 2. The van der Waals surface area contributed by atoms with Crippen LogP contribution in [0.1, 0.15) is 70.8 Å². The van der Waals surface area contributed by atoms with Gasteiger partial charge in [-0.1, -0.05) is 41.4 Å². The number of hydrogen-bond acceptors (Lipinski definition) is 15. The lowest BCUT2D eigenvalue weighted by atomic mass is 9.94. The average Bonchev–Trinajstić information content (AvgIpc) is 4.25. The molecule has 8 heterocycles. The van der Waals surface area contributed by atoms with Gasteiger partial charge >= 0.3 is 0 Å². The number of rotatable bonds is 16. The van der Waals surface area contributed by atoms with E-state index < -0.39 is 12.2 Å². The van der Waals surface area contributed by atoms with E-state index in [9.17, 15) is 10.2 Å². The summed E-state index contributed by atoms with van der Waals surface area (Å²) in [6.07, 6.45) is 4.46. The highest BCUT2D eigenvalue weighted by Gasteiger charge is 2.50. The highest BCUT2D eigenvalue weighted by Crippen LogP contribution is 2.42. The number of aryl methyl sites for hydroxylation is 2. The zero-order valence-corrected chi connectivity index (χ0v) is 41.7. The molecule has 2 aliphatic carbocycles. The van der Waals surface area contributed by atoms with Crippen LogP contribution in [0.2, 0.25) is 10.0 Å². The first-order valence-corrected chi connectivity index (χ1v) is 25.5. The van der Waals surface area contributed by atoms with Crippen LogP contribution in [0, 0.1) is 11.6 Å². The molecule has 0 bridgehead atoms. The molecule has 21 heteroatoms. The molecule has 0 spiro atoms. The van der Waals surface area contributed by atoms with Crippen LogP contribution in [0.25, 0.3) is 28.4 Å². The molecule has 2 unspecified atom stereocenters. The number of fused-ring (bicyclic) bond motifs is 6. The summed E-state index contributed by atoms with van der Waals surface area (Å²) in [6.45, 7) is 4.94. The highest BCUT2D eigenvalue weighted by atomic mass is 35.5. The molecule has 0 radical (unpaired) electrons. The van der Waals surface area contributed by atoms with E-state index in [-0.39, 0.29) is 85.3 Å². The molecule has 2 aromatic carbocycles. The van der Waals surface area contributed by atoms with Crippen LogP contribution < -0.4 is 14.2 Å². The van der Waals surface area contributed by atoms with E-state index in [0.717, 1.165) is 47.9 Å². The maximum Gasteiger partial charge on any atom is 0.296 e. The number of halogens is 4. The molecule has 4 aliphatic heterocycles. The van der Waals surface area contributed by atoms with E-state index in [4.69, 9.17) is 65.8 Å². The van der Waals surface area contributed by atoms with E-state index in [2.05, 4.69) is 29.9 Å². The number of nitrogens with one attached hydrogen (secondary N) is 2. The molecule has 4 saturated heterocycles. The molecule has 6 aromatic rings. The Morgan fingerprint density at radius 1 is 0.685 bits per heavy atom. The van der Waals surface area contributed by atoms with Crippen molar-refractivity contribution in [2.24, 2.45) is 0 Å². The van der Waals surface area contributed by atoms with Gasteiger partial charge in [-0.2, -0.15) is 9.97 Å². The number of pyridine rings is 2. The normalized spacial score (nSPS) is 26.9. The van der Waals surface area contributed by atoms with Gasteiger partial charge in [0.05, 0.1) is 72.1 Å². The first kappa shape index (κ1) is 50.1. The Morgan fingerprint density at radius 3 is 1.77 bits per heavy atom. The fraction of sp³-hybridized carbons (Fsp3) is 0.500. The summed E-state index contributed by atoms with van der Waals surface area (Å²) in [5, 5.41) is 20.8. The fourth-order valence-electron chi connectivity index (χ4n) is 11.0. The quantitative estimate of drug-likeness (QED) is 0.0726. The third-order valence-corrected chi connectivity index (χ3v) is 15.0. The Morgan fingerprint density at radius 2 is 1.22 bits per heavy atom. The van der Waals surface area contributed by atoms with Gasteiger partial charge in [0.2, 0.25) is 0 Å². The summed E-state index contributed by atoms with van der Waals surface area (Å²) < 4.78 is 80.6. The largest absolute Gasteiger partial charge is 0.491 e. The molecule has 0 amide bonds. The van der Waals surface area contributed by atoms with Crippen molar-refractivity contribution in [3.8, 4) is 17.8 Å². The summed E-state index contributed by atoms with van der Waals surface area (Å²) in [5.41, 5.74) is 7.84. The molecule has 4 fully saturated rings. The van der Waals surface area contributed by atoms with Crippen molar-refractivity contribution < 1.29 is 61.6 Å². The number of imidazole rings is 2. The second-order valence-corrected chi connectivity index (χ2v) is 19.9. The minimum Gasteiger partial charge on any atom is -0.491 e. The van der Waals surface area contributed by atoms with Crippen molar-refractivity contribution >= 4 is 51.6 Å². The van der Waals surface area contributed by atoms with E-state index in [1.54, 1.807) is 25.3 Å². The molecule has 0 saturated carbocycles. The van der Waals surface area contributed by atoms with Crippen molar-refractivity contribution in [1.29, 1.82) is 0 Å². The smallest absolute Gasteiger partial charge is 0.296 e. The van der Waals surface area contributed by atoms with Gasteiger partial charge in [0, 0.05) is 19.8 Å². The highest BCUT2D eigenvalue weighted by molar-refractivity contribution is 6.32. The lowest BCUT2D eigenvalue weighted by Crippen LogP contribution is -2.34. The van der Waals surface area contributed by atoms with Gasteiger partial charge < -0.3 is 62.8 Å². The standard InChI is InChI=1S/C26H29ClFN3O6.C26H27ClFN3O5/c1-2-33-5-6-34-15-7-13-3-4-14(22(13)17(28)9-15)8-18-16(27)10-19-25(29-18)31-26(30-19)37-21-12-36-23-20(32)11-35-24(21)23;1-33-6-2-3-13-7-14-4-5-15(22(14)17(28)8-13)9-18-16(27)10-19-25(29-18)31-26(30-19)36-21-12-35-23-20(32)11-34-24(21)23/h7,9-10,14,20-21,23-24,32H,2-6,8,11-12H2,1H3,(H,29,30,31);2-3,7-8,10,15,20-21,23-24,32H,4-6,9,11-12H2,1H3,(H,29,30,31)/b;3-2+/t14?,20-,21-,23-,24-;15?,20-,21-,23-,24-/m11/s1. The zero-order valence-electron chi connectivity index (χ0n) is 40.2. The summed E-state index contributed by atoms with van der Waals surface area (Å²) >= 11 is 13.2. The lowest BCUT2D eigenvalue weighted by molar-refractivity contribution is 0.00703. The van der Waals surface area contributed by atoms with Crippen molar-refractivity contribution in [3.05, 3.63) is 103 Å². The third-order valence-electron chi connectivity index (χ3n) is 14.4. The minimum atomic E-state index is -0.651. The maximum atomic E-state index is 15.1. The molecule has 4 N–H and O–H groups in total. The van der Waals surface area contributed by atoms with Crippen molar-refractivity contribution in [2.75, 3.05) is 60.0 Å². The van der Waals surface area contributed by atoms with Crippen molar-refractivity contribution in [1.82, 2.24) is 29.9 Å². The Hall–Kier alpha value is -5.06. The molecule has 17 nitrogen and oxygen atoms in total. The maximum absolute atomic E-state index is 15.1. The SMILES string of the molecule is CCOCCOc1cc(F)c2c(c1)CCC2Cc1nc2nc(O[C@@H]3CO[C@H]4[C@@H]3OC[C@H]4O)[nH]c2cc1Cl.COC/C=C/c1cc(F)c2c(c1)CCC2Cc1nc2nc(O[C@@H]3CO[C@H]4[C@@H]3OC[C@H]4O)[nH]c2cc1Cl. The Bertz CT molecular complexity index is 3000. The molecular formula is C52H56Cl2F2N6O11. The van der Waals surface area contributed by atoms with Crippen molar-refractivity contribution in [3.63, 3.8) is 0 Å². The third kappa shape index (κ3) is 10.5. The number of H-pyrrole nitrogens is 2.